The topological polar surface area (TPSA) is 36.4 Å². The molecular weight excluding hydrogens is 322 g/mol. The van der Waals surface area contributed by atoms with Crippen LogP contribution in [0.2, 0.25) is 0 Å². The zero-order valence-corrected chi connectivity index (χ0v) is 16.5. The number of benzene rings is 1. The van der Waals surface area contributed by atoms with E-state index in [0.29, 0.717) is 5.92 Å². The van der Waals surface area contributed by atoms with Gasteiger partial charge in [0.15, 0.2) is 0 Å². The molecular formula is C22H31N3O. The Morgan fingerprint density at radius 2 is 1.58 bits per heavy atom. The van der Waals surface area contributed by atoms with Gasteiger partial charge in [0.25, 0.3) is 5.91 Å². The highest BCUT2D eigenvalue weighted by Gasteiger charge is 2.20. The van der Waals surface area contributed by atoms with Crippen LogP contribution < -0.4 is 0 Å². The fourth-order valence-electron chi connectivity index (χ4n) is 3.14. The predicted octanol–water partition coefficient (Wildman–Crippen LogP) is 3.84. The summed E-state index contributed by atoms with van der Waals surface area (Å²) in [7, 11) is 2.10. The van der Waals surface area contributed by atoms with Gasteiger partial charge in [0.2, 0.25) is 0 Å². The summed E-state index contributed by atoms with van der Waals surface area (Å²) in [5.41, 5.74) is 3.34. The van der Waals surface area contributed by atoms with Crippen LogP contribution in [0.1, 0.15) is 48.2 Å². The molecule has 0 spiro atoms. The highest BCUT2D eigenvalue weighted by molar-refractivity contribution is 5.94. The molecule has 0 aliphatic carbocycles. The summed E-state index contributed by atoms with van der Waals surface area (Å²) in [5.74, 6) is 0.566. The molecule has 1 saturated heterocycles. The average Bonchev–Trinajstić information content (AvgIpc) is 2.70. The van der Waals surface area contributed by atoms with E-state index in [1.807, 2.05) is 43.3 Å². The molecule has 3 rings (SSSR count). The van der Waals surface area contributed by atoms with Crippen LogP contribution >= 0.6 is 0 Å². The van der Waals surface area contributed by atoms with Crippen LogP contribution in [0.5, 0.6) is 0 Å². The lowest BCUT2D eigenvalue weighted by molar-refractivity contribution is 0.0664. The number of hydrogen-bond donors (Lipinski definition) is 0. The van der Waals surface area contributed by atoms with E-state index in [1.54, 1.807) is 0 Å². The Hall–Kier alpha value is -2.20. The molecule has 4 nitrogen and oxygen atoms in total. The van der Waals surface area contributed by atoms with Gasteiger partial charge in [-0.15, -0.1) is 0 Å². The lowest BCUT2D eigenvalue weighted by atomic mass is 9.93. The van der Waals surface area contributed by atoms with Gasteiger partial charge in [0.1, 0.15) is 0 Å². The molecule has 1 aliphatic heterocycles. The number of piperazine rings is 1. The van der Waals surface area contributed by atoms with Gasteiger partial charge in [-0.1, -0.05) is 32.9 Å². The van der Waals surface area contributed by atoms with E-state index in [0.717, 1.165) is 38.2 Å². The minimum atomic E-state index is 0.149. The molecule has 0 N–H and O–H groups in total. The van der Waals surface area contributed by atoms with Gasteiger partial charge < -0.3 is 9.80 Å². The van der Waals surface area contributed by atoms with Crippen molar-refractivity contribution in [3.05, 3.63) is 65.5 Å². The zero-order valence-electron chi connectivity index (χ0n) is 16.5. The van der Waals surface area contributed by atoms with Crippen LogP contribution in [0.4, 0.5) is 0 Å². The average molecular weight is 354 g/mol. The highest BCUT2D eigenvalue weighted by Crippen LogP contribution is 2.21. The van der Waals surface area contributed by atoms with Crippen molar-refractivity contribution in [3.63, 3.8) is 0 Å². The van der Waals surface area contributed by atoms with Gasteiger partial charge in [-0.05, 0) is 54.8 Å². The van der Waals surface area contributed by atoms with E-state index >= 15 is 0 Å². The maximum atomic E-state index is 12.6. The Labute approximate surface area is 157 Å². The molecule has 1 fully saturated rings. The number of hydrogen-bond acceptors (Lipinski definition) is 3. The normalized spacial score (nSPS) is 15.8. The maximum absolute atomic E-state index is 12.6. The first-order chi connectivity index (χ1) is 12.6. The summed E-state index contributed by atoms with van der Waals surface area (Å²) >= 11 is 0. The van der Waals surface area contributed by atoms with Crippen LogP contribution in [0.3, 0.4) is 0 Å². The number of likely N-dealkylation sites (N-methyl/N-ethyl adjacent to an activating group) is 1. The van der Waals surface area contributed by atoms with E-state index in [2.05, 4.69) is 48.1 Å². The molecule has 1 amide bonds. The second kappa shape index (κ2) is 10.1. The zero-order chi connectivity index (χ0) is 18.9. The van der Waals surface area contributed by atoms with E-state index in [9.17, 15) is 4.79 Å². The van der Waals surface area contributed by atoms with Crippen LogP contribution in [0.25, 0.3) is 0 Å². The van der Waals surface area contributed by atoms with Crippen LogP contribution in [0, 0.1) is 0 Å². The molecule has 2 heterocycles. The van der Waals surface area contributed by atoms with Gasteiger partial charge in [-0.2, -0.15) is 0 Å². The first-order valence-corrected chi connectivity index (χ1v) is 9.60. The van der Waals surface area contributed by atoms with Gasteiger partial charge in [0, 0.05) is 44.1 Å². The van der Waals surface area contributed by atoms with Crippen LogP contribution in [-0.4, -0.2) is 53.9 Å². The van der Waals surface area contributed by atoms with Gasteiger partial charge in [-0.3, -0.25) is 9.78 Å². The number of carbonyl (C=O) groups excluding carboxylic acids is 1. The number of rotatable bonds is 4. The molecule has 0 radical (unpaired) electrons. The largest absolute Gasteiger partial charge is 0.336 e. The van der Waals surface area contributed by atoms with Gasteiger partial charge in [0.05, 0.1) is 0 Å². The summed E-state index contributed by atoms with van der Waals surface area (Å²) in [5, 5.41) is 0. The third kappa shape index (κ3) is 5.40. The fourth-order valence-corrected chi connectivity index (χ4v) is 3.14. The molecule has 2 aromatic rings. The molecule has 1 aromatic heterocycles. The van der Waals surface area contributed by atoms with Crippen molar-refractivity contribution in [2.24, 2.45) is 0 Å². The SMILES string of the molecule is CC.C[C@H](Cc1ccncc1)c1ccc(C(=O)N2CCN(C)CC2)cc1. The minimum absolute atomic E-state index is 0.149. The Morgan fingerprint density at radius 3 is 2.15 bits per heavy atom. The molecule has 1 atom stereocenters. The second-order valence-electron chi connectivity index (χ2n) is 6.68. The van der Waals surface area contributed by atoms with Gasteiger partial charge in [-0.25, -0.2) is 0 Å². The first-order valence-electron chi connectivity index (χ1n) is 9.60. The summed E-state index contributed by atoms with van der Waals surface area (Å²) in [6.07, 6.45) is 4.65. The summed E-state index contributed by atoms with van der Waals surface area (Å²) in [6, 6.07) is 12.2. The maximum Gasteiger partial charge on any atom is 0.253 e. The van der Waals surface area contributed by atoms with Crippen molar-refractivity contribution in [1.29, 1.82) is 0 Å². The number of aromatic nitrogens is 1. The van der Waals surface area contributed by atoms with Crippen molar-refractivity contribution in [1.82, 2.24) is 14.8 Å². The predicted molar refractivity (Wildman–Crippen MR) is 108 cm³/mol. The van der Waals surface area contributed by atoms with Crippen molar-refractivity contribution >= 4 is 5.91 Å². The summed E-state index contributed by atoms with van der Waals surface area (Å²) in [4.78, 5) is 20.9. The number of nitrogens with zero attached hydrogens (tertiary/aromatic N) is 3. The first kappa shape index (κ1) is 20.1. The Morgan fingerprint density at radius 1 is 1.00 bits per heavy atom. The molecule has 1 aliphatic rings. The molecule has 4 heteroatoms. The van der Waals surface area contributed by atoms with E-state index < -0.39 is 0 Å². The Balaban J connectivity index is 0.00000117. The van der Waals surface area contributed by atoms with Crippen molar-refractivity contribution in [2.45, 2.75) is 33.1 Å². The number of carbonyl (C=O) groups is 1. The molecule has 0 bridgehead atoms. The molecule has 0 unspecified atom stereocenters. The summed E-state index contributed by atoms with van der Waals surface area (Å²) in [6.45, 7) is 9.75. The lowest BCUT2D eigenvalue weighted by Crippen LogP contribution is -2.47. The highest BCUT2D eigenvalue weighted by atomic mass is 16.2. The monoisotopic (exact) mass is 353 g/mol. The van der Waals surface area contributed by atoms with Gasteiger partial charge >= 0.3 is 0 Å². The Bertz CT molecular complexity index is 662. The third-order valence-corrected chi connectivity index (χ3v) is 4.81. The quantitative estimate of drug-likeness (QED) is 0.838. The number of amides is 1. The Kier molecular flexibility index (Phi) is 7.79. The van der Waals surface area contributed by atoms with Crippen molar-refractivity contribution in [3.8, 4) is 0 Å². The summed E-state index contributed by atoms with van der Waals surface area (Å²) < 4.78 is 0. The lowest BCUT2D eigenvalue weighted by Gasteiger charge is -2.32. The molecule has 140 valence electrons. The smallest absolute Gasteiger partial charge is 0.253 e. The third-order valence-electron chi connectivity index (χ3n) is 4.81. The van der Waals surface area contributed by atoms with Crippen LogP contribution in [-0.2, 0) is 6.42 Å². The van der Waals surface area contributed by atoms with E-state index in [-0.39, 0.29) is 5.91 Å². The van der Waals surface area contributed by atoms with Crippen LogP contribution in [0.15, 0.2) is 48.8 Å². The molecule has 0 saturated carbocycles. The van der Waals surface area contributed by atoms with Crippen molar-refractivity contribution < 1.29 is 4.79 Å². The molecule has 26 heavy (non-hydrogen) atoms. The van der Waals surface area contributed by atoms with Crippen molar-refractivity contribution in [2.75, 3.05) is 33.2 Å². The van der Waals surface area contributed by atoms with E-state index in [4.69, 9.17) is 0 Å². The molecule has 1 aromatic carbocycles. The number of pyridine rings is 1. The standard InChI is InChI=1S/C20H25N3O.C2H6/c1-16(15-17-7-9-21-10-8-17)18-3-5-19(6-4-18)20(24)23-13-11-22(2)12-14-23;1-2/h3-10,16H,11-15H2,1-2H3;1-2H3/t16-;/m1./s1. The minimum Gasteiger partial charge on any atom is -0.336 e. The van der Waals surface area contributed by atoms with E-state index in [1.165, 1.54) is 11.1 Å². The second-order valence-corrected chi connectivity index (χ2v) is 6.68. The fraction of sp³-hybridized carbons (Fsp3) is 0.455.